The minimum Gasteiger partial charge on any atom is -0.291 e. The number of hydrogen-bond donors (Lipinski definition) is 0. The summed E-state index contributed by atoms with van der Waals surface area (Å²) in [5, 5.41) is 0. The van der Waals surface area contributed by atoms with E-state index >= 15 is 0 Å². The van der Waals surface area contributed by atoms with E-state index in [0.717, 1.165) is 18.8 Å². The van der Waals surface area contributed by atoms with Crippen LogP contribution in [0.5, 0.6) is 0 Å². The topological polar surface area (TPSA) is 40.6 Å². The molecule has 0 radical (unpaired) electrons. The quantitative estimate of drug-likeness (QED) is 0.761. The highest BCUT2D eigenvalue weighted by Crippen LogP contribution is 2.29. The van der Waals surface area contributed by atoms with Gasteiger partial charge in [-0.2, -0.15) is 0 Å². The number of hydrogen-bond acceptors (Lipinski definition) is 3. The zero-order chi connectivity index (χ0) is 13.4. The van der Waals surface area contributed by atoms with E-state index in [1.807, 2.05) is 12.1 Å². The monoisotopic (exact) mass is 258 g/mol. The smallest absolute Gasteiger partial charge is 0.291 e. The number of Topliss-reactive ketones (excluding diaryl/α,β-unsaturated/α-hetero) is 1. The molecule has 1 saturated heterocycles. The molecular formula is C15H18N2O2. The second kappa shape index (κ2) is 4.78. The van der Waals surface area contributed by atoms with E-state index in [-0.39, 0.29) is 11.7 Å². The van der Waals surface area contributed by atoms with Crippen LogP contribution in [0.3, 0.4) is 0 Å². The Balaban J connectivity index is 1.81. The van der Waals surface area contributed by atoms with E-state index in [0.29, 0.717) is 18.2 Å². The van der Waals surface area contributed by atoms with Crippen molar-refractivity contribution in [2.24, 2.45) is 5.92 Å². The van der Waals surface area contributed by atoms with Gasteiger partial charge in [-0.3, -0.25) is 19.4 Å². The summed E-state index contributed by atoms with van der Waals surface area (Å²) in [7, 11) is 0. The van der Waals surface area contributed by atoms with Gasteiger partial charge in [0.05, 0.1) is 17.9 Å². The van der Waals surface area contributed by atoms with Gasteiger partial charge in [-0.1, -0.05) is 19.1 Å². The third-order valence-corrected chi connectivity index (χ3v) is 3.96. The van der Waals surface area contributed by atoms with Gasteiger partial charge in [-0.15, -0.1) is 0 Å². The van der Waals surface area contributed by atoms with Crippen molar-refractivity contribution in [3.05, 3.63) is 29.8 Å². The number of fused-ring (bicyclic) bond motifs is 1. The molecule has 1 aromatic rings. The highest BCUT2D eigenvalue weighted by atomic mass is 16.2. The molecule has 100 valence electrons. The normalized spacial score (nSPS) is 23.8. The summed E-state index contributed by atoms with van der Waals surface area (Å²) in [5.41, 5.74) is 1.30. The highest BCUT2D eigenvalue weighted by Gasteiger charge is 2.36. The number of nitrogens with zero attached hydrogens (tertiary/aromatic N) is 2. The number of rotatable bonds is 2. The summed E-state index contributed by atoms with van der Waals surface area (Å²) in [6, 6.07) is 7.26. The van der Waals surface area contributed by atoms with Gasteiger partial charge in [0.15, 0.2) is 0 Å². The van der Waals surface area contributed by atoms with E-state index < -0.39 is 0 Å². The molecule has 0 aromatic heterocycles. The van der Waals surface area contributed by atoms with Crippen molar-refractivity contribution in [1.29, 1.82) is 0 Å². The van der Waals surface area contributed by atoms with Gasteiger partial charge in [0.25, 0.3) is 5.78 Å². The first kappa shape index (κ1) is 12.4. The zero-order valence-corrected chi connectivity index (χ0v) is 11.1. The van der Waals surface area contributed by atoms with Crippen molar-refractivity contribution < 1.29 is 9.59 Å². The van der Waals surface area contributed by atoms with E-state index in [9.17, 15) is 9.59 Å². The SMILES string of the molecule is C[C@@H]1CCCN(CN2C(=O)C(=O)c3ccccc32)C1. The van der Waals surface area contributed by atoms with Crippen LogP contribution in [-0.2, 0) is 4.79 Å². The van der Waals surface area contributed by atoms with Gasteiger partial charge in [-0.05, 0) is 37.4 Å². The number of piperidine rings is 1. The van der Waals surface area contributed by atoms with Crippen LogP contribution in [0.4, 0.5) is 5.69 Å². The lowest BCUT2D eigenvalue weighted by Crippen LogP contribution is -2.44. The maximum absolute atomic E-state index is 12.1. The Labute approximate surface area is 113 Å². The van der Waals surface area contributed by atoms with E-state index in [1.54, 1.807) is 17.0 Å². The fraction of sp³-hybridized carbons (Fsp3) is 0.467. The number of carbonyl (C=O) groups excluding carboxylic acids is 2. The molecule has 1 aromatic carbocycles. The molecule has 0 N–H and O–H groups in total. The van der Waals surface area contributed by atoms with E-state index in [2.05, 4.69) is 11.8 Å². The molecule has 1 fully saturated rings. The van der Waals surface area contributed by atoms with Crippen LogP contribution in [0.25, 0.3) is 0 Å². The second-order valence-corrected chi connectivity index (χ2v) is 5.55. The van der Waals surface area contributed by atoms with Crippen LogP contribution in [0.15, 0.2) is 24.3 Å². The largest absolute Gasteiger partial charge is 0.300 e. The number of carbonyl (C=O) groups is 2. The summed E-state index contributed by atoms with van der Waals surface area (Å²) >= 11 is 0. The number of likely N-dealkylation sites (tertiary alicyclic amines) is 1. The standard InChI is InChI=1S/C15H18N2O2/c1-11-5-4-8-16(9-11)10-17-13-7-3-2-6-12(13)14(18)15(17)19/h2-3,6-7,11H,4-5,8-10H2,1H3/t11-/m1/s1. The summed E-state index contributed by atoms with van der Waals surface area (Å²) in [6.07, 6.45) is 2.42. The van der Waals surface area contributed by atoms with Crippen LogP contribution in [0.1, 0.15) is 30.1 Å². The lowest BCUT2D eigenvalue weighted by Gasteiger charge is -2.33. The number of anilines is 1. The Bertz CT molecular complexity index is 527. The maximum atomic E-state index is 12.1. The Hall–Kier alpha value is -1.68. The minimum absolute atomic E-state index is 0.374. The average Bonchev–Trinajstić information content (AvgIpc) is 2.65. The number of benzene rings is 1. The highest BCUT2D eigenvalue weighted by molar-refractivity contribution is 6.52. The second-order valence-electron chi connectivity index (χ2n) is 5.55. The summed E-state index contributed by atoms with van der Waals surface area (Å²) in [6.45, 7) is 4.77. The van der Waals surface area contributed by atoms with Gasteiger partial charge in [-0.25, -0.2) is 0 Å². The molecule has 3 rings (SSSR count). The van der Waals surface area contributed by atoms with Crippen molar-refractivity contribution in [1.82, 2.24) is 4.90 Å². The predicted molar refractivity (Wildman–Crippen MR) is 73.1 cm³/mol. The molecule has 4 nitrogen and oxygen atoms in total. The molecule has 19 heavy (non-hydrogen) atoms. The third-order valence-electron chi connectivity index (χ3n) is 3.96. The first-order chi connectivity index (χ1) is 9.16. The van der Waals surface area contributed by atoms with Gasteiger partial charge in [0.2, 0.25) is 0 Å². The minimum atomic E-state index is -0.389. The molecule has 0 bridgehead atoms. The molecule has 2 aliphatic heterocycles. The van der Waals surface area contributed by atoms with E-state index in [1.165, 1.54) is 12.8 Å². The first-order valence-electron chi connectivity index (χ1n) is 6.84. The Morgan fingerprint density at radius 2 is 2.05 bits per heavy atom. The number of ketones is 1. The number of amides is 1. The molecule has 1 atom stereocenters. The Kier molecular flexibility index (Phi) is 3.11. The lowest BCUT2D eigenvalue weighted by atomic mass is 10.0. The number of para-hydroxylation sites is 1. The van der Waals surface area contributed by atoms with Gasteiger partial charge in [0.1, 0.15) is 0 Å². The zero-order valence-electron chi connectivity index (χ0n) is 11.1. The molecule has 0 aliphatic carbocycles. The van der Waals surface area contributed by atoms with Crippen LogP contribution in [-0.4, -0.2) is 36.3 Å². The van der Waals surface area contributed by atoms with Crippen LogP contribution >= 0.6 is 0 Å². The average molecular weight is 258 g/mol. The predicted octanol–water partition coefficient (Wildman–Crippen LogP) is 1.91. The first-order valence-corrected chi connectivity index (χ1v) is 6.84. The van der Waals surface area contributed by atoms with Gasteiger partial charge < -0.3 is 0 Å². The van der Waals surface area contributed by atoms with Crippen molar-refractivity contribution in [2.45, 2.75) is 19.8 Å². The Morgan fingerprint density at radius 1 is 1.26 bits per heavy atom. The van der Waals surface area contributed by atoms with Crippen molar-refractivity contribution >= 4 is 17.4 Å². The molecular weight excluding hydrogens is 240 g/mol. The fourth-order valence-corrected chi connectivity index (χ4v) is 3.00. The summed E-state index contributed by atoms with van der Waals surface area (Å²) in [4.78, 5) is 27.9. The molecule has 0 unspecified atom stereocenters. The van der Waals surface area contributed by atoms with Crippen molar-refractivity contribution in [3.63, 3.8) is 0 Å². The third kappa shape index (κ3) is 2.16. The summed E-state index contributed by atoms with van der Waals surface area (Å²) < 4.78 is 0. The molecule has 0 saturated carbocycles. The Morgan fingerprint density at radius 3 is 2.84 bits per heavy atom. The molecule has 1 amide bonds. The lowest BCUT2D eigenvalue weighted by molar-refractivity contribution is -0.114. The fourth-order valence-electron chi connectivity index (χ4n) is 3.00. The van der Waals surface area contributed by atoms with Gasteiger partial charge >= 0.3 is 5.91 Å². The van der Waals surface area contributed by atoms with Crippen molar-refractivity contribution in [2.75, 3.05) is 24.7 Å². The van der Waals surface area contributed by atoms with Crippen LogP contribution in [0, 0.1) is 5.92 Å². The van der Waals surface area contributed by atoms with Gasteiger partial charge in [0, 0.05) is 6.54 Å². The summed E-state index contributed by atoms with van der Waals surface area (Å²) in [5.74, 6) is -0.0996. The molecule has 0 spiro atoms. The van der Waals surface area contributed by atoms with Crippen LogP contribution in [0.2, 0.25) is 0 Å². The molecule has 2 aliphatic rings. The van der Waals surface area contributed by atoms with E-state index in [4.69, 9.17) is 0 Å². The van der Waals surface area contributed by atoms with Crippen LogP contribution < -0.4 is 4.90 Å². The maximum Gasteiger partial charge on any atom is 0.300 e. The van der Waals surface area contributed by atoms with Crippen molar-refractivity contribution in [3.8, 4) is 0 Å². The molecule has 4 heteroatoms. The molecule has 2 heterocycles.